The highest BCUT2D eigenvalue weighted by molar-refractivity contribution is 7.91. The summed E-state index contributed by atoms with van der Waals surface area (Å²) in [6, 6.07) is 0. The summed E-state index contributed by atoms with van der Waals surface area (Å²) in [4.78, 5) is 4.22. The monoisotopic (exact) mass is 230 g/mol. The average Bonchev–Trinajstić information content (AvgIpc) is 2.69. The summed E-state index contributed by atoms with van der Waals surface area (Å²) >= 11 is 0. The van der Waals surface area contributed by atoms with E-state index in [2.05, 4.69) is 4.98 Å². The molecule has 84 valence electrons. The van der Waals surface area contributed by atoms with Gasteiger partial charge in [-0.05, 0) is 13.3 Å². The van der Waals surface area contributed by atoms with Gasteiger partial charge in [0.25, 0.3) is 0 Å². The first-order chi connectivity index (χ1) is 7.02. The molecule has 1 aromatic heterocycles. The zero-order valence-corrected chi connectivity index (χ0v) is 9.38. The molecule has 0 spiro atoms. The van der Waals surface area contributed by atoms with Crippen molar-refractivity contribution in [3.8, 4) is 0 Å². The summed E-state index contributed by atoms with van der Waals surface area (Å²) in [6.45, 7) is 2.05. The molecule has 0 amide bonds. The summed E-state index contributed by atoms with van der Waals surface area (Å²) in [7, 11) is -2.87. The van der Waals surface area contributed by atoms with Crippen LogP contribution in [0.15, 0.2) is 4.42 Å². The third kappa shape index (κ3) is 2.05. The first kappa shape index (κ1) is 10.6. The standard InChI is InChI=1S/C9H14N2O3S/c1-6-9(11-8(4-10)14-6)7-2-3-15(12,13)5-7/h7H,2-5,10H2,1H3. The summed E-state index contributed by atoms with van der Waals surface area (Å²) in [5.41, 5.74) is 6.17. The molecule has 0 saturated carbocycles. The van der Waals surface area contributed by atoms with Gasteiger partial charge in [0.05, 0.1) is 23.7 Å². The maximum Gasteiger partial charge on any atom is 0.208 e. The summed E-state index contributed by atoms with van der Waals surface area (Å²) in [5.74, 6) is 1.59. The third-order valence-electron chi connectivity index (χ3n) is 2.67. The van der Waals surface area contributed by atoms with Crippen LogP contribution >= 0.6 is 0 Å². The van der Waals surface area contributed by atoms with Crippen molar-refractivity contribution in [2.45, 2.75) is 25.8 Å². The van der Waals surface area contributed by atoms with Crippen molar-refractivity contribution in [1.29, 1.82) is 0 Å². The number of rotatable bonds is 2. The quantitative estimate of drug-likeness (QED) is 0.792. The molecular formula is C9H14N2O3S. The fourth-order valence-corrected chi connectivity index (χ4v) is 3.69. The molecule has 1 saturated heterocycles. The van der Waals surface area contributed by atoms with Crippen LogP contribution in [-0.2, 0) is 16.4 Å². The molecule has 6 heteroatoms. The Labute approximate surface area is 88.6 Å². The van der Waals surface area contributed by atoms with E-state index >= 15 is 0 Å². The highest BCUT2D eigenvalue weighted by atomic mass is 32.2. The number of nitrogens with two attached hydrogens (primary N) is 1. The molecule has 1 atom stereocenters. The number of oxazole rings is 1. The van der Waals surface area contributed by atoms with Gasteiger partial charge in [-0.25, -0.2) is 13.4 Å². The molecule has 15 heavy (non-hydrogen) atoms. The van der Waals surface area contributed by atoms with E-state index in [1.807, 2.05) is 0 Å². The van der Waals surface area contributed by atoms with Crippen LogP contribution in [-0.4, -0.2) is 24.9 Å². The Hall–Kier alpha value is -0.880. The Morgan fingerprint density at radius 2 is 2.33 bits per heavy atom. The van der Waals surface area contributed by atoms with E-state index in [4.69, 9.17) is 10.2 Å². The minimum Gasteiger partial charge on any atom is -0.444 e. The van der Waals surface area contributed by atoms with Crippen molar-refractivity contribution >= 4 is 9.84 Å². The van der Waals surface area contributed by atoms with Gasteiger partial charge in [0.2, 0.25) is 5.89 Å². The van der Waals surface area contributed by atoms with Gasteiger partial charge in [-0.15, -0.1) is 0 Å². The van der Waals surface area contributed by atoms with Gasteiger partial charge in [-0.1, -0.05) is 0 Å². The van der Waals surface area contributed by atoms with Crippen LogP contribution in [0.1, 0.15) is 29.7 Å². The lowest BCUT2D eigenvalue weighted by Crippen LogP contribution is -2.05. The number of hydrogen-bond donors (Lipinski definition) is 1. The first-order valence-electron chi connectivity index (χ1n) is 4.88. The van der Waals surface area contributed by atoms with E-state index in [1.165, 1.54) is 0 Å². The molecule has 1 unspecified atom stereocenters. The topological polar surface area (TPSA) is 86.2 Å². The van der Waals surface area contributed by atoms with Crippen molar-refractivity contribution in [3.63, 3.8) is 0 Å². The van der Waals surface area contributed by atoms with E-state index in [-0.39, 0.29) is 24.0 Å². The number of nitrogens with zero attached hydrogens (tertiary/aromatic N) is 1. The molecule has 2 rings (SSSR count). The Bertz CT molecular complexity index is 464. The maximum atomic E-state index is 11.3. The zero-order chi connectivity index (χ0) is 11.1. The predicted octanol–water partition coefficient (Wildman–Crippen LogP) is 0.344. The maximum absolute atomic E-state index is 11.3. The van der Waals surface area contributed by atoms with Crippen LogP contribution in [0.5, 0.6) is 0 Å². The predicted molar refractivity (Wildman–Crippen MR) is 55.1 cm³/mol. The third-order valence-corrected chi connectivity index (χ3v) is 4.44. The highest BCUT2D eigenvalue weighted by Crippen LogP contribution is 2.30. The number of aryl methyl sites for hydroxylation is 1. The zero-order valence-electron chi connectivity index (χ0n) is 8.56. The van der Waals surface area contributed by atoms with Gasteiger partial charge in [0.1, 0.15) is 5.76 Å². The molecule has 0 radical (unpaired) electrons. The van der Waals surface area contributed by atoms with Gasteiger partial charge in [-0.2, -0.15) is 0 Å². The van der Waals surface area contributed by atoms with Crippen molar-refractivity contribution in [1.82, 2.24) is 4.98 Å². The number of aromatic nitrogens is 1. The van der Waals surface area contributed by atoms with Gasteiger partial charge in [0, 0.05) is 5.92 Å². The largest absolute Gasteiger partial charge is 0.444 e. The van der Waals surface area contributed by atoms with E-state index < -0.39 is 9.84 Å². The molecular weight excluding hydrogens is 216 g/mol. The first-order valence-corrected chi connectivity index (χ1v) is 6.70. The molecule has 2 N–H and O–H groups in total. The van der Waals surface area contributed by atoms with Gasteiger partial charge in [0.15, 0.2) is 9.84 Å². The second-order valence-electron chi connectivity index (χ2n) is 3.85. The molecule has 0 aliphatic carbocycles. The van der Waals surface area contributed by atoms with Gasteiger partial charge in [-0.3, -0.25) is 0 Å². The molecule has 1 aromatic rings. The Balaban J connectivity index is 2.27. The normalized spacial score (nSPS) is 24.5. The van der Waals surface area contributed by atoms with Crippen molar-refractivity contribution in [2.24, 2.45) is 5.73 Å². The SMILES string of the molecule is Cc1oc(CN)nc1C1CCS(=O)(=O)C1. The van der Waals surface area contributed by atoms with Crippen LogP contribution in [0.25, 0.3) is 0 Å². The number of sulfone groups is 1. The van der Waals surface area contributed by atoms with Crippen molar-refractivity contribution in [2.75, 3.05) is 11.5 Å². The molecule has 5 nitrogen and oxygen atoms in total. The lowest BCUT2D eigenvalue weighted by atomic mass is 10.0. The molecule has 1 aliphatic rings. The minimum atomic E-state index is -2.87. The minimum absolute atomic E-state index is 0.0148. The Kier molecular flexibility index (Phi) is 2.56. The fourth-order valence-electron chi connectivity index (χ4n) is 1.94. The van der Waals surface area contributed by atoms with Crippen LogP contribution in [0.2, 0.25) is 0 Å². The lowest BCUT2D eigenvalue weighted by molar-refractivity contribution is 0.471. The summed E-state index contributed by atoms with van der Waals surface area (Å²) in [6.07, 6.45) is 0.639. The molecule has 2 heterocycles. The average molecular weight is 230 g/mol. The molecule has 0 aromatic carbocycles. The second-order valence-corrected chi connectivity index (χ2v) is 6.08. The number of hydrogen-bond acceptors (Lipinski definition) is 5. The van der Waals surface area contributed by atoms with Gasteiger partial charge < -0.3 is 10.2 Å². The van der Waals surface area contributed by atoms with Crippen molar-refractivity contribution in [3.05, 3.63) is 17.3 Å². The van der Waals surface area contributed by atoms with Crippen LogP contribution in [0.3, 0.4) is 0 Å². The van der Waals surface area contributed by atoms with Crippen LogP contribution in [0.4, 0.5) is 0 Å². The molecule has 1 aliphatic heterocycles. The van der Waals surface area contributed by atoms with Crippen LogP contribution < -0.4 is 5.73 Å². The van der Waals surface area contributed by atoms with E-state index in [1.54, 1.807) is 6.92 Å². The van der Waals surface area contributed by atoms with Gasteiger partial charge >= 0.3 is 0 Å². The lowest BCUT2D eigenvalue weighted by Gasteiger charge is -2.02. The highest BCUT2D eigenvalue weighted by Gasteiger charge is 2.32. The fraction of sp³-hybridized carbons (Fsp3) is 0.667. The van der Waals surface area contributed by atoms with E-state index in [0.717, 1.165) is 5.69 Å². The van der Waals surface area contributed by atoms with Crippen LogP contribution in [0, 0.1) is 6.92 Å². The van der Waals surface area contributed by atoms with E-state index in [0.29, 0.717) is 18.1 Å². The molecule has 0 bridgehead atoms. The second kappa shape index (κ2) is 3.61. The van der Waals surface area contributed by atoms with E-state index in [9.17, 15) is 8.42 Å². The Morgan fingerprint density at radius 1 is 1.60 bits per heavy atom. The Morgan fingerprint density at radius 3 is 2.80 bits per heavy atom. The summed E-state index contributed by atoms with van der Waals surface area (Å²) < 4.78 is 28.0. The smallest absolute Gasteiger partial charge is 0.208 e. The van der Waals surface area contributed by atoms with Crippen molar-refractivity contribution < 1.29 is 12.8 Å². The summed E-state index contributed by atoms with van der Waals surface area (Å²) in [5, 5.41) is 0. The molecule has 1 fully saturated rings.